The highest BCUT2D eigenvalue weighted by molar-refractivity contribution is 7.13. The molecule has 0 saturated carbocycles. The lowest BCUT2D eigenvalue weighted by Gasteiger charge is -2.21. The Morgan fingerprint density at radius 1 is 1.16 bits per heavy atom. The molecule has 140 valence electrons. The van der Waals surface area contributed by atoms with Gasteiger partial charge < -0.3 is 10.6 Å². The Bertz CT molecular complexity index is 635. The first-order chi connectivity index (χ1) is 11.2. The molecule has 25 heavy (non-hydrogen) atoms. The number of hydrogen-bond donors (Lipinski definition) is 1. The fraction of sp³-hybridized carbons (Fsp3) is 0.444. The van der Waals surface area contributed by atoms with Gasteiger partial charge >= 0.3 is 0 Å². The number of hydrogen-bond acceptors (Lipinski definition) is 4. The molecule has 0 unspecified atom stereocenters. The van der Waals surface area contributed by atoms with Crippen molar-refractivity contribution in [1.82, 2.24) is 9.88 Å². The minimum atomic E-state index is 0. The van der Waals surface area contributed by atoms with Crippen LogP contribution in [0, 0.1) is 6.92 Å². The molecule has 0 atom stereocenters. The molecule has 1 heterocycles. The van der Waals surface area contributed by atoms with Crippen LogP contribution >= 0.6 is 36.2 Å². The Kier molecular flexibility index (Phi) is 11.7. The first-order valence-corrected chi connectivity index (χ1v) is 8.97. The normalized spacial score (nSPS) is 9.88. The summed E-state index contributed by atoms with van der Waals surface area (Å²) in [5.41, 5.74) is 7.77. The summed E-state index contributed by atoms with van der Waals surface area (Å²) in [5.74, 6) is 0.0590. The number of aromatic nitrogens is 1. The maximum atomic E-state index is 12.8. The van der Waals surface area contributed by atoms with Crippen molar-refractivity contribution in [3.63, 3.8) is 0 Å². The van der Waals surface area contributed by atoms with E-state index in [1.807, 2.05) is 30.0 Å². The number of nitrogens with two attached hydrogens (primary N) is 1. The summed E-state index contributed by atoms with van der Waals surface area (Å²) < 4.78 is 0. The molecule has 1 aromatic heterocycles. The zero-order valence-electron chi connectivity index (χ0n) is 14.7. The summed E-state index contributed by atoms with van der Waals surface area (Å²) in [6.07, 6.45) is 2.81. The number of halogens is 2. The van der Waals surface area contributed by atoms with Crippen molar-refractivity contribution in [3.8, 4) is 0 Å². The van der Waals surface area contributed by atoms with E-state index in [0.717, 1.165) is 34.8 Å². The first kappa shape index (κ1) is 23.9. The molecule has 0 fully saturated rings. The van der Waals surface area contributed by atoms with Crippen molar-refractivity contribution in [3.05, 3.63) is 51.5 Å². The molecule has 0 aliphatic carbocycles. The lowest BCUT2D eigenvalue weighted by atomic mass is 10.1. The monoisotopic (exact) mass is 403 g/mol. The van der Waals surface area contributed by atoms with Gasteiger partial charge in [0.25, 0.3) is 5.91 Å². The van der Waals surface area contributed by atoms with Crippen molar-refractivity contribution >= 4 is 42.1 Å². The third kappa shape index (κ3) is 6.94. The molecule has 1 aromatic carbocycles. The van der Waals surface area contributed by atoms with E-state index in [2.05, 4.69) is 24.0 Å². The fourth-order valence-electron chi connectivity index (χ4n) is 2.49. The van der Waals surface area contributed by atoms with Gasteiger partial charge in [-0.05, 0) is 31.7 Å². The van der Waals surface area contributed by atoms with E-state index in [-0.39, 0.29) is 30.7 Å². The van der Waals surface area contributed by atoms with Crippen LogP contribution in [0.15, 0.2) is 30.3 Å². The van der Waals surface area contributed by atoms with Crippen molar-refractivity contribution in [1.29, 1.82) is 0 Å². The lowest BCUT2D eigenvalue weighted by Crippen LogP contribution is -2.36. The van der Waals surface area contributed by atoms with Gasteiger partial charge in [-0.3, -0.25) is 4.79 Å². The van der Waals surface area contributed by atoms with Crippen LogP contribution in [0.4, 0.5) is 0 Å². The van der Waals surface area contributed by atoms with Crippen LogP contribution in [0.3, 0.4) is 0 Å². The second-order valence-corrected chi connectivity index (χ2v) is 6.67. The third-order valence-corrected chi connectivity index (χ3v) is 4.90. The van der Waals surface area contributed by atoms with Crippen LogP contribution < -0.4 is 5.73 Å². The second kappa shape index (κ2) is 12.3. The van der Waals surface area contributed by atoms with Gasteiger partial charge in [0.2, 0.25) is 0 Å². The smallest absolute Gasteiger partial charge is 0.265 e. The number of rotatable bonds is 8. The molecule has 0 saturated heterocycles. The van der Waals surface area contributed by atoms with Gasteiger partial charge in [0, 0.05) is 19.6 Å². The van der Waals surface area contributed by atoms with E-state index in [1.165, 1.54) is 16.9 Å². The fourth-order valence-corrected chi connectivity index (χ4v) is 3.63. The molecular weight excluding hydrogens is 377 g/mol. The number of carbonyl (C=O) groups excluding carboxylic acids is 1. The Hall–Kier alpha value is -1.14. The Labute approximate surface area is 166 Å². The molecule has 2 N–H and O–H groups in total. The molecule has 1 amide bonds. The first-order valence-electron chi connectivity index (χ1n) is 8.15. The topological polar surface area (TPSA) is 59.2 Å². The van der Waals surface area contributed by atoms with Gasteiger partial charge in [-0.1, -0.05) is 37.3 Å². The van der Waals surface area contributed by atoms with Gasteiger partial charge in [-0.15, -0.1) is 36.2 Å². The molecule has 7 heteroatoms. The summed E-state index contributed by atoms with van der Waals surface area (Å²) in [6.45, 7) is 5.77. The molecule has 2 rings (SSSR count). The van der Waals surface area contributed by atoms with Crippen molar-refractivity contribution in [2.45, 2.75) is 33.1 Å². The highest BCUT2D eigenvalue weighted by Crippen LogP contribution is 2.21. The number of carbonyl (C=O) groups is 1. The van der Waals surface area contributed by atoms with Crippen LogP contribution in [-0.2, 0) is 12.8 Å². The number of aryl methyl sites for hydroxylation is 2. The molecule has 0 spiro atoms. The van der Waals surface area contributed by atoms with Crippen molar-refractivity contribution < 1.29 is 4.79 Å². The minimum Gasteiger partial charge on any atom is -0.336 e. The van der Waals surface area contributed by atoms with Crippen LogP contribution in [0.25, 0.3) is 0 Å². The van der Waals surface area contributed by atoms with Crippen molar-refractivity contribution in [2.24, 2.45) is 5.73 Å². The Morgan fingerprint density at radius 2 is 1.84 bits per heavy atom. The van der Waals surface area contributed by atoms with Gasteiger partial charge in [0.05, 0.1) is 10.7 Å². The molecule has 0 aliphatic heterocycles. The Morgan fingerprint density at radius 3 is 2.44 bits per heavy atom. The third-order valence-electron chi connectivity index (χ3n) is 3.70. The van der Waals surface area contributed by atoms with E-state index in [0.29, 0.717) is 19.6 Å². The average Bonchev–Trinajstić information content (AvgIpc) is 2.92. The van der Waals surface area contributed by atoms with E-state index in [4.69, 9.17) is 5.73 Å². The molecule has 0 bridgehead atoms. The second-order valence-electron chi connectivity index (χ2n) is 5.59. The number of nitrogens with zero attached hydrogens (tertiary/aromatic N) is 2. The molecular formula is C18H27Cl2N3OS. The van der Waals surface area contributed by atoms with Gasteiger partial charge in [-0.25, -0.2) is 4.98 Å². The van der Waals surface area contributed by atoms with Crippen LogP contribution in [-0.4, -0.2) is 35.4 Å². The van der Waals surface area contributed by atoms with E-state index >= 15 is 0 Å². The maximum absolute atomic E-state index is 12.8. The summed E-state index contributed by atoms with van der Waals surface area (Å²) in [5, 5.41) is 1.05. The summed E-state index contributed by atoms with van der Waals surface area (Å²) in [4.78, 5) is 20.0. The van der Waals surface area contributed by atoms with Crippen LogP contribution in [0.2, 0.25) is 0 Å². The summed E-state index contributed by atoms with van der Waals surface area (Å²) in [6, 6.07) is 10.2. The summed E-state index contributed by atoms with van der Waals surface area (Å²) in [7, 11) is 0. The highest BCUT2D eigenvalue weighted by atomic mass is 35.5. The highest BCUT2D eigenvalue weighted by Gasteiger charge is 2.20. The van der Waals surface area contributed by atoms with E-state index in [9.17, 15) is 4.79 Å². The Balaban J connectivity index is 0.00000288. The van der Waals surface area contributed by atoms with E-state index in [1.54, 1.807) is 0 Å². The standard InChI is InChI=1S/C18H25N3OS.2ClH/c1-3-7-16-20-14(2)17(23-16)18(22)21(13-11-19)12-10-15-8-5-4-6-9-15;;/h4-6,8-9H,3,7,10-13,19H2,1-2H3;2*1H. The largest absolute Gasteiger partial charge is 0.336 e. The zero-order valence-corrected chi connectivity index (χ0v) is 17.2. The van der Waals surface area contributed by atoms with E-state index < -0.39 is 0 Å². The average molecular weight is 404 g/mol. The van der Waals surface area contributed by atoms with Crippen LogP contribution in [0.5, 0.6) is 0 Å². The number of benzene rings is 1. The molecule has 4 nitrogen and oxygen atoms in total. The van der Waals surface area contributed by atoms with Gasteiger partial charge in [0.15, 0.2) is 0 Å². The van der Waals surface area contributed by atoms with Crippen LogP contribution in [0.1, 0.15) is 39.3 Å². The lowest BCUT2D eigenvalue weighted by molar-refractivity contribution is 0.0766. The predicted octanol–water partition coefficient (Wildman–Crippen LogP) is 3.89. The minimum absolute atomic E-state index is 0. The summed E-state index contributed by atoms with van der Waals surface area (Å²) >= 11 is 1.52. The SMILES string of the molecule is CCCc1nc(C)c(C(=O)N(CCN)CCc2ccccc2)s1.Cl.Cl. The van der Waals surface area contributed by atoms with Gasteiger partial charge in [-0.2, -0.15) is 0 Å². The molecule has 0 aliphatic rings. The molecule has 2 aromatic rings. The number of thiazole rings is 1. The molecule has 0 radical (unpaired) electrons. The quantitative estimate of drug-likeness (QED) is 0.726. The number of amides is 1. The van der Waals surface area contributed by atoms with Crippen molar-refractivity contribution in [2.75, 3.05) is 19.6 Å². The predicted molar refractivity (Wildman–Crippen MR) is 110 cm³/mol. The maximum Gasteiger partial charge on any atom is 0.265 e. The van der Waals surface area contributed by atoms with Gasteiger partial charge in [0.1, 0.15) is 4.88 Å². The zero-order chi connectivity index (χ0) is 16.7.